The number of hydrogen-bond donors (Lipinski definition) is 1. The van der Waals surface area contributed by atoms with Gasteiger partial charge in [0, 0.05) is 17.6 Å². The average Bonchev–Trinajstić information content (AvgIpc) is 2.33. The molecule has 1 heteroatoms. The Balaban J connectivity index is 2.76. The van der Waals surface area contributed by atoms with Gasteiger partial charge in [0.2, 0.25) is 0 Å². The molecule has 17 heavy (non-hydrogen) atoms. The number of aryl methyl sites for hydroxylation is 1. The van der Waals surface area contributed by atoms with Crippen LogP contribution in [0.15, 0.2) is 24.3 Å². The zero-order valence-electron chi connectivity index (χ0n) is 10.6. The highest BCUT2D eigenvalue weighted by atomic mass is 14.9. The van der Waals surface area contributed by atoms with Crippen molar-refractivity contribution in [1.82, 2.24) is 0 Å². The van der Waals surface area contributed by atoms with E-state index in [2.05, 4.69) is 56.6 Å². The molecule has 0 amide bonds. The Morgan fingerprint density at radius 2 is 2.00 bits per heavy atom. The number of fused-ring (bicyclic) bond motifs is 1. The fourth-order valence-corrected chi connectivity index (χ4v) is 2.19. The molecule has 0 heterocycles. The van der Waals surface area contributed by atoms with E-state index in [-0.39, 0.29) is 0 Å². The van der Waals surface area contributed by atoms with Crippen molar-refractivity contribution in [2.75, 3.05) is 11.9 Å². The van der Waals surface area contributed by atoms with E-state index in [0.29, 0.717) is 0 Å². The van der Waals surface area contributed by atoms with Crippen LogP contribution in [0.5, 0.6) is 0 Å². The van der Waals surface area contributed by atoms with E-state index < -0.39 is 0 Å². The Hall–Kier alpha value is -1.76. The van der Waals surface area contributed by atoms with Gasteiger partial charge in [-0.3, -0.25) is 0 Å². The third kappa shape index (κ3) is 2.05. The maximum atomic E-state index is 4.16. The Morgan fingerprint density at radius 3 is 2.71 bits per heavy atom. The number of anilines is 1. The van der Waals surface area contributed by atoms with E-state index in [1.54, 1.807) is 0 Å². The molecule has 2 aromatic carbocycles. The summed E-state index contributed by atoms with van der Waals surface area (Å²) in [5.74, 6) is 0. The largest absolute Gasteiger partial charge is 0.385 e. The van der Waals surface area contributed by atoms with E-state index >= 15 is 0 Å². The van der Waals surface area contributed by atoms with Crippen LogP contribution < -0.4 is 15.8 Å². The molecule has 0 bridgehead atoms. The van der Waals surface area contributed by atoms with Crippen molar-refractivity contribution in [3.63, 3.8) is 0 Å². The first-order valence-electron chi connectivity index (χ1n) is 6.09. The highest BCUT2D eigenvalue weighted by Crippen LogP contribution is 2.17. The quantitative estimate of drug-likeness (QED) is 0.847. The molecule has 0 fully saturated rings. The van der Waals surface area contributed by atoms with Crippen molar-refractivity contribution >= 4 is 29.6 Å². The summed E-state index contributed by atoms with van der Waals surface area (Å²) in [5, 5.41) is 8.04. The molecule has 2 aromatic rings. The molecule has 0 aliphatic rings. The smallest absolute Gasteiger partial charge is 0.0425 e. The van der Waals surface area contributed by atoms with Crippen molar-refractivity contribution in [3.8, 4) is 0 Å². The highest BCUT2D eigenvalue weighted by molar-refractivity contribution is 5.95. The van der Waals surface area contributed by atoms with Gasteiger partial charge in [-0.15, -0.1) is 0 Å². The summed E-state index contributed by atoms with van der Waals surface area (Å²) in [5.41, 5.74) is 2.37. The molecule has 0 unspecified atom stereocenters. The minimum absolute atomic E-state index is 0.985. The lowest BCUT2D eigenvalue weighted by Gasteiger charge is -2.11. The summed E-state index contributed by atoms with van der Waals surface area (Å²) in [7, 11) is 0. The van der Waals surface area contributed by atoms with Gasteiger partial charge in [-0.2, -0.15) is 0 Å². The van der Waals surface area contributed by atoms with E-state index in [1.807, 2.05) is 0 Å². The van der Waals surface area contributed by atoms with Crippen molar-refractivity contribution < 1.29 is 0 Å². The van der Waals surface area contributed by atoms with Crippen molar-refractivity contribution in [2.45, 2.75) is 20.3 Å². The SMILES string of the molecule is C=c1c(C)cc(=C)c2c(NCCC)cccc12. The second-order valence-corrected chi connectivity index (χ2v) is 4.49. The molecule has 2 rings (SSSR count). The first kappa shape index (κ1) is 11.7. The molecule has 1 nitrogen and oxygen atoms in total. The second kappa shape index (κ2) is 4.62. The van der Waals surface area contributed by atoms with Crippen LogP contribution in [0, 0.1) is 6.92 Å². The molecule has 0 saturated carbocycles. The Morgan fingerprint density at radius 1 is 1.24 bits per heavy atom. The summed E-state index contributed by atoms with van der Waals surface area (Å²) in [6, 6.07) is 8.42. The molecule has 0 saturated heterocycles. The lowest BCUT2D eigenvalue weighted by Crippen LogP contribution is -2.15. The van der Waals surface area contributed by atoms with E-state index in [1.165, 1.54) is 22.0 Å². The molecule has 0 aromatic heterocycles. The first-order chi connectivity index (χ1) is 8.15. The average molecular weight is 225 g/mol. The zero-order chi connectivity index (χ0) is 12.4. The molecule has 0 radical (unpaired) electrons. The van der Waals surface area contributed by atoms with E-state index in [4.69, 9.17) is 0 Å². The van der Waals surface area contributed by atoms with Gasteiger partial charge in [-0.05, 0) is 40.8 Å². The maximum absolute atomic E-state index is 4.16. The second-order valence-electron chi connectivity index (χ2n) is 4.49. The normalized spacial score (nSPS) is 10.7. The predicted octanol–water partition coefficient (Wildman–Crippen LogP) is 2.79. The van der Waals surface area contributed by atoms with E-state index in [9.17, 15) is 0 Å². The minimum atomic E-state index is 0.985. The Labute approximate surface area is 102 Å². The van der Waals surface area contributed by atoms with Gasteiger partial charge >= 0.3 is 0 Å². The summed E-state index contributed by atoms with van der Waals surface area (Å²) in [6.07, 6.45) is 1.12. The molecule has 0 aliphatic carbocycles. The third-order valence-corrected chi connectivity index (χ3v) is 3.14. The summed E-state index contributed by atoms with van der Waals surface area (Å²) < 4.78 is 0. The van der Waals surface area contributed by atoms with Crippen LogP contribution >= 0.6 is 0 Å². The van der Waals surface area contributed by atoms with Crippen molar-refractivity contribution in [2.24, 2.45) is 0 Å². The fraction of sp³-hybridized carbons (Fsp3) is 0.250. The Kier molecular flexibility index (Phi) is 3.19. The van der Waals surface area contributed by atoms with E-state index in [0.717, 1.165) is 23.4 Å². The predicted molar refractivity (Wildman–Crippen MR) is 77.8 cm³/mol. The molecule has 88 valence electrons. The summed E-state index contributed by atoms with van der Waals surface area (Å²) in [6.45, 7) is 13.5. The van der Waals surface area contributed by atoms with Crippen LogP contribution in [0.3, 0.4) is 0 Å². The van der Waals surface area contributed by atoms with Crippen LogP contribution in [0.25, 0.3) is 23.9 Å². The van der Waals surface area contributed by atoms with Crippen LogP contribution in [0.1, 0.15) is 18.9 Å². The van der Waals surface area contributed by atoms with Gasteiger partial charge in [0.25, 0.3) is 0 Å². The number of hydrogen-bond acceptors (Lipinski definition) is 1. The lowest BCUT2D eigenvalue weighted by molar-refractivity contribution is 0.981. The molecular formula is C16H19N. The first-order valence-corrected chi connectivity index (χ1v) is 6.09. The summed E-state index contributed by atoms with van der Waals surface area (Å²) in [4.78, 5) is 0. The monoisotopic (exact) mass is 225 g/mol. The third-order valence-electron chi connectivity index (χ3n) is 3.14. The minimum Gasteiger partial charge on any atom is -0.385 e. The van der Waals surface area contributed by atoms with Crippen molar-refractivity contribution in [3.05, 3.63) is 40.3 Å². The maximum Gasteiger partial charge on any atom is 0.0425 e. The fourth-order valence-electron chi connectivity index (χ4n) is 2.19. The highest BCUT2D eigenvalue weighted by Gasteiger charge is 2.03. The van der Waals surface area contributed by atoms with Gasteiger partial charge in [0.15, 0.2) is 0 Å². The molecule has 0 spiro atoms. The lowest BCUT2D eigenvalue weighted by atomic mass is 10.0. The van der Waals surface area contributed by atoms with Gasteiger partial charge in [0.05, 0.1) is 0 Å². The molecule has 0 aliphatic heterocycles. The topological polar surface area (TPSA) is 12.0 Å². The van der Waals surface area contributed by atoms with Crippen LogP contribution in [0.4, 0.5) is 5.69 Å². The molecular weight excluding hydrogens is 206 g/mol. The van der Waals surface area contributed by atoms with Crippen LogP contribution in [0.2, 0.25) is 0 Å². The number of rotatable bonds is 3. The van der Waals surface area contributed by atoms with Gasteiger partial charge < -0.3 is 5.32 Å². The van der Waals surface area contributed by atoms with Gasteiger partial charge in [-0.1, -0.05) is 38.3 Å². The van der Waals surface area contributed by atoms with Gasteiger partial charge in [-0.25, -0.2) is 0 Å². The number of benzene rings is 2. The van der Waals surface area contributed by atoms with Crippen LogP contribution in [-0.2, 0) is 0 Å². The van der Waals surface area contributed by atoms with Crippen LogP contribution in [-0.4, -0.2) is 6.54 Å². The summed E-state index contributed by atoms with van der Waals surface area (Å²) >= 11 is 0. The Bertz CT molecular complexity index is 641. The van der Waals surface area contributed by atoms with Gasteiger partial charge in [0.1, 0.15) is 0 Å². The molecule has 0 atom stereocenters. The molecule has 1 N–H and O–H groups in total. The zero-order valence-corrected chi connectivity index (χ0v) is 10.6. The number of nitrogens with one attached hydrogen (secondary N) is 1. The van der Waals surface area contributed by atoms with Crippen molar-refractivity contribution in [1.29, 1.82) is 0 Å². The standard InChI is InChI=1S/C16H19N/c1-5-9-17-15-8-6-7-14-13(4)11(2)10-12(3)16(14)15/h6-8,10,17H,3-5,9H2,1-2H3.